The highest BCUT2D eigenvalue weighted by atomic mass is 16.1. The van der Waals surface area contributed by atoms with E-state index in [2.05, 4.69) is 32.9 Å². The largest absolute Gasteiger partial charge is 0.299 e. The molecule has 0 heterocycles. The number of hydrogen-bond acceptors (Lipinski definition) is 1. The molecule has 1 nitrogen and oxygen atoms in total. The van der Waals surface area contributed by atoms with Crippen LogP contribution in [0, 0.1) is 40.4 Å². The molecule has 0 spiro atoms. The van der Waals surface area contributed by atoms with Crippen LogP contribution in [0.1, 0.15) is 65.7 Å². The van der Waals surface area contributed by atoms with Gasteiger partial charge < -0.3 is 0 Å². The Bertz CT molecular complexity index is 492. The topological polar surface area (TPSA) is 17.1 Å². The van der Waals surface area contributed by atoms with E-state index < -0.39 is 0 Å². The van der Waals surface area contributed by atoms with Crippen LogP contribution >= 0.6 is 0 Å². The molecule has 0 saturated heterocycles. The maximum Gasteiger partial charge on any atom is 0.139 e. The van der Waals surface area contributed by atoms with Gasteiger partial charge in [-0.05, 0) is 73.5 Å². The van der Waals surface area contributed by atoms with Gasteiger partial charge in [0.15, 0.2) is 0 Å². The van der Waals surface area contributed by atoms with Crippen molar-refractivity contribution in [3.8, 4) is 0 Å². The lowest BCUT2D eigenvalue weighted by Crippen LogP contribution is -2.55. The first kappa shape index (κ1) is 14.0. The minimum atomic E-state index is 0.0309. The van der Waals surface area contributed by atoms with Crippen LogP contribution < -0.4 is 0 Å². The number of hydrogen-bond donors (Lipinski definition) is 0. The first-order valence-electron chi connectivity index (χ1n) is 9.15. The Labute approximate surface area is 129 Å². The summed E-state index contributed by atoms with van der Waals surface area (Å²) in [6, 6.07) is 0. The van der Waals surface area contributed by atoms with E-state index >= 15 is 0 Å². The van der Waals surface area contributed by atoms with E-state index in [0.29, 0.717) is 17.1 Å². The van der Waals surface area contributed by atoms with Crippen molar-refractivity contribution in [2.75, 3.05) is 0 Å². The Balaban J connectivity index is 1.73. The number of carbonyl (C=O) groups excluding carboxylic acids is 1. The number of ketones is 1. The van der Waals surface area contributed by atoms with Gasteiger partial charge in [-0.2, -0.15) is 0 Å². The van der Waals surface area contributed by atoms with Crippen molar-refractivity contribution in [2.24, 2.45) is 40.4 Å². The van der Waals surface area contributed by atoms with Gasteiger partial charge >= 0.3 is 0 Å². The molecule has 3 fully saturated rings. The quantitative estimate of drug-likeness (QED) is 0.572. The molecular weight excluding hydrogens is 256 g/mol. The molecule has 116 valence electrons. The SMILES string of the molecule is CC1C[C@H]2CC=CC[C@]2(C)[C@H]2CC[C@]3(C)C(=O)CC[C@H]3[C@H]12. The Morgan fingerprint density at radius 3 is 2.76 bits per heavy atom. The van der Waals surface area contributed by atoms with Crippen LogP contribution in [-0.4, -0.2) is 5.78 Å². The van der Waals surface area contributed by atoms with Gasteiger partial charge in [-0.3, -0.25) is 4.79 Å². The summed E-state index contributed by atoms with van der Waals surface area (Å²) >= 11 is 0. The number of rotatable bonds is 0. The maximum absolute atomic E-state index is 12.5. The smallest absolute Gasteiger partial charge is 0.139 e. The molecule has 21 heavy (non-hydrogen) atoms. The third-order valence-corrected chi connectivity index (χ3v) is 8.28. The zero-order chi connectivity index (χ0) is 14.8. The molecule has 7 atom stereocenters. The highest BCUT2D eigenvalue weighted by Crippen LogP contribution is 2.66. The fourth-order valence-corrected chi connectivity index (χ4v) is 6.99. The van der Waals surface area contributed by atoms with E-state index in [9.17, 15) is 4.79 Å². The first-order chi connectivity index (χ1) is 9.97. The summed E-state index contributed by atoms with van der Waals surface area (Å²) in [5, 5.41) is 0. The molecule has 0 N–H and O–H groups in total. The fraction of sp³-hybridized carbons (Fsp3) is 0.850. The molecule has 4 rings (SSSR count). The van der Waals surface area contributed by atoms with E-state index in [4.69, 9.17) is 0 Å². The van der Waals surface area contributed by atoms with Gasteiger partial charge in [0.25, 0.3) is 0 Å². The summed E-state index contributed by atoms with van der Waals surface area (Å²) in [7, 11) is 0. The lowest BCUT2D eigenvalue weighted by molar-refractivity contribution is -0.142. The third kappa shape index (κ3) is 1.72. The van der Waals surface area contributed by atoms with Crippen molar-refractivity contribution in [3.05, 3.63) is 12.2 Å². The molecule has 0 amide bonds. The lowest BCUT2D eigenvalue weighted by Gasteiger charge is -2.60. The van der Waals surface area contributed by atoms with Crippen molar-refractivity contribution in [3.63, 3.8) is 0 Å². The van der Waals surface area contributed by atoms with Gasteiger partial charge in [0, 0.05) is 11.8 Å². The second kappa shape index (κ2) is 4.46. The molecule has 1 heteroatoms. The summed E-state index contributed by atoms with van der Waals surface area (Å²) in [5.74, 6) is 4.63. The summed E-state index contributed by atoms with van der Waals surface area (Å²) in [4.78, 5) is 12.5. The van der Waals surface area contributed by atoms with Gasteiger partial charge in [-0.15, -0.1) is 0 Å². The Kier molecular flexibility index (Phi) is 2.98. The minimum Gasteiger partial charge on any atom is -0.299 e. The van der Waals surface area contributed by atoms with E-state index in [1.807, 2.05) is 0 Å². The van der Waals surface area contributed by atoms with Gasteiger partial charge in [0.2, 0.25) is 0 Å². The van der Waals surface area contributed by atoms with Crippen LogP contribution in [0.2, 0.25) is 0 Å². The third-order valence-electron chi connectivity index (χ3n) is 8.28. The minimum absolute atomic E-state index is 0.0309. The summed E-state index contributed by atoms with van der Waals surface area (Å²) < 4.78 is 0. The lowest BCUT2D eigenvalue weighted by atomic mass is 9.44. The van der Waals surface area contributed by atoms with Gasteiger partial charge in [-0.1, -0.05) is 32.9 Å². The highest BCUT2D eigenvalue weighted by molar-refractivity contribution is 5.87. The summed E-state index contributed by atoms with van der Waals surface area (Å²) in [5.41, 5.74) is 0.544. The van der Waals surface area contributed by atoms with Crippen LogP contribution in [0.5, 0.6) is 0 Å². The predicted octanol–water partition coefficient (Wildman–Crippen LogP) is 5.01. The fourth-order valence-electron chi connectivity index (χ4n) is 6.99. The Morgan fingerprint density at radius 2 is 1.95 bits per heavy atom. The molecule has 4 aliphatic rings. The van der Waals surface area contributed by atoms with Crippen LogP contribution in [0.3, 0.4) is 0 Å². The van der Waals surface area contributed by atoms with E-state index in [1.165, 1.54) is 32.1 Å². The van der Waals surface area contributed by atoms with Gasteiger partial charge in [0.1, 0.15) is 5.78 Å². The Hall–Kier alpha value is -0.590. The summed E-state index contributed by atoms with van der Waals surface area (Å²) in [6.45, 7) is 7.36. The first-order valence-corrected chi connectivity index (χ1v) is 9.15. The van der Waals surface area contributed by atoms with Gasteiger partial charge in [0.05, 0.1) is 0 Å². The molecule has 0 aromatic carbocycles. The van der Waals surface area contributed by atoms with Crippen molar-refractivity contribution in [2.45, 2.75) is 65.7 Å². The van der Waals surface area contributed by atoms with E-state index in [0.717, 1.165) is 36.5 Å². The standard InChI is InChI=1S/C20H30O/c1-13-12-14-6-4-5-10-19(14,2)16-9-11-20(3)15(18(13)16)7-8-17(20)21/h4-5,13-16,18H,6-12H2,1-3H3/t13?,14-,15+,16+,18+,19+,20+/m1/s1. The predicted molar refractivity (Wildman–Crippen MR) is 85.8 cm³/mol. The molecule has 1 unspecified atom stereocenters. The zero-order valence-electron chi connectivity index (χ0n) is 13.9. The van der Waals surface area contributed by atoms with Crippen molar-refractivity contribution >= 4 is 5.78 Å². The number of fused-ring (bicyclic) bond motifs is 5. The molecule has 0 aromatic heterocycles. The zero-order valence-corrected chi connectivity index (χ0v) is 13.9. The number of carbonyl (C=O) groups is 1. The molecule has 0 aromatic rings. The highest BCUT2D eigenvalue weighted by Gasteiger charge is 2.60. The van der Waals surface area contributed by atoms with Gasteiger partial charge in [-0.25, -0.2) is 0 Å². The average molecular weight is 286 g/mol. The van der Waals surface area contributed by atoms with Crippen LogP contribution in [0.15, 0.2) is 12.2 Å². The van der Waals surface area contributed by atoms with Crippen molar-refractivity contribution in [1.82, 2.24) is 0 Å². The number of allylic oxidation sites excluding steroid dienone is 2. The number of Topliss-reactive ketones (excluding diaryl/α,β-unsaturated/α-hetero) is 1. The molecule has 3 saturated carbocycles. The average Bonchev–Trinajstić information content (AvgIpc) is 2.76. The second-order valence-corrected chi connectivity index (χ2v) is 9.04. The molecule has 0 bridgehead atoms. The normalized spacial score (nSPS) is 55.8. The van der Waals surface area contributed by atoms with Crippen LogP contribution in [0.25, 0.3) is 0 Å². The van der Waals surface area contributed by atoms with E-state index in [-0.39, 0.29) is 5.41 Å². The van der Waals surface area contributed by atoms with Crippen LogP contribution in [0.4, 0.5) is 0 Å². The van der Waals surface area contributed by atoms with E-state index in [1.54, 1.807) is 0 Å². The van der Waals surface area contributed by atoms with Crippen LogP contribution in [-0.2, 0) is 4.79 Å². The van der Waals surface area contributed by atoms with Crippen molar-refractivity contribution < 1.29 is 4.79 Å². The van der Waals surface area contributed by atoms with Crippen molar-refractivity contribution in [1.29, 1.82) is 0 Å². The monoisotopic (exact) mass is 286 g/mol. The molecule has 0 aliphatic heterocycles. The second-order valence-electron chi connectivity index (χ2n) is 9.04. The molecular formula is C20H30O. The molecule has 4 aliphatic carbocycles. The molecule has 0 radical (unpaired) electrons. The summed E-state index contributed by atoms with van der Waals surface area (Å²) in [6.07, 6.45) is 13.3. The maximum atomic E-state index is 12.5. The Morgan fingerprint density at radius 1 is 1.14 bits per heavy atom.